The molecule has 2 aliphatic rings. The van der Waals surface area contributed by atoms with Gasteiger partial charge in [-0.1, -0.05) is 30.3 Å². The Hall–Kier alpha value is -2.61. The van der Waals surface area contributed by atoms with Crippen molar-refractivity contribution in [1.29, 1.82) is 0 Å². The van der Waals surface area contributed by atoms with Crippen LogP contribution < -0.4 is 10.1 Å². The second-order valence-corrected chi connectivity index (χ2v) is 10.1. The molecular formula is C26H31ClN4O3. The van der Waals surface area contributed by atoms with E-state index in [0.717, 1.165) is 36.0 Å². The second kappa shape index (κ2) is 9.94. The summed E-state index contributed by atoms with van der Waals surface area (Å²) < 4.78 is 13.0. The van der Waals surface area contributed by atoms with Gasteiger partial charge in [0.2, 0.25) is 0 Å². The van der Waals surface area contributed by atoms with E-state index < -0.39 is 0 Å². The van der Waals surface area contributed by atoms with Crippen LogP contribution in [0.5, 0.6) is 5.75 Å². The third kappa shape index (κ3) is 4.78. The molecule has 3 unspecified atom stereocenters. The van der Waals surface area contributed by atoms with E-state index in [0.29, 0.717) is 25.5 Å². The van der Waals surface area contributed by atoms with Crippen LogP contribution in [0.4, 0.5) is 0 Å². The number of piperidine rings is 1. The van der Waals surface area contributed by atoms with Crippen molar-refractivity contribution in [2.45, 2.75) is 56.4 Å². The van der Waals surface area contributed by atoms with Crippen molar-refractivity contribution in [1.82, 2.24) is 20.0 Å². The quantitative estimate of drug-likeness (QED) is 0.518. The Balaban J connectivity index is 1.29. The number of methoxy groups -OCH3 is 1. The molecule has 0 spiro atoms. The molecule has 1 aromatic heterocycles. The van der Waals surface area contributed by atoms with Crippen LogP contribution in [-0.4, -0.2) is 64.4 Å². The lowest BCUT2D eigenvalue weighted by Gasteiger charge is -2.48. The van der Waals surface area contributed by atoms with E-state index >= 15 is 0 Å². The van der Waals surface area contributed by atoms with E-state index in [1.165, 1.54) is 5.56 Å². The van der Waals surface area contributed by atoms with Crippen LogP contribution in [0.1, 0.15) is 35.8 Å². The minimum absolute atomic E-state index is 0.0754. The van der Waals surface area contributed by atoms with Crippen molar-refractivity contribution in [3.8, 4) is 5.75 Å². The second-order valence-electron chi connectivity index (χ2n) is 9.34. The third-order valence-corrected chi connectivity index (χ3v) is 6.97. The first kappa shape index (κ1) is 23.1. The smallest absolute Gasteiger partial charge is 0.272 e. The normalized spacial score (nSPS) is 23.6. The predicted octanol–water partition coefficient (Wildman–Crippen LogP) is 3.83. The molecule has 0 aliphatic carbocycles. The molecule has 0 radical (unpaired) electrons. The summed E-state index contributed by atoms with van der Waals surface area (Å²) in [7, 11) is 1.68. The zero-order valence-corrected chi connectivity index (χ0v) is 20.4. The summed E-state index contributed by atoms with van der Waals surface area (Å²) in [6.07, 6.45) is 1.71. The van der Waals surface area contributed by atoms with Gasteiger partial charge in [-0.05, 0) is 43.5 Å². The van der Waals surface area contributed by atoms with E-state index in [1.54, 1.807) is 7.11 Å². The molecule has 5 rings (SSSR count). The van der Waals surface area contributed by atoms with Gasteiger partial charge in [-0.25, -0.2) is 0 Å². The lowest BCUT2D eigenvalue weighted by Crippen LogP contribution is -2.60. The van der Waals surface area contributed by atoms with Crippen molar-refractivity contribution in [2.75, 3.05) is 20.3 Å². The summed E-state index contributed by atoms with van der Waals surface area (Å²) in [5.74, 6) is 0.744. The van der Waals surface area contributed by atoms with Crippen molar-refractivity contribution >= 4 is 28.4 Å². The summed E-state index contributed by atoms with van der Waals surface area (Å²) in [6, 6.07) is 16.7. The van der Waals surface area contributed by atoms with E-state index in [2.05, 4.69) is 27.4 Å². The fourth-order valence-electron chi connectivity index (χ4n) is 5.23. The van der Waals surface area contributed by atoms with Crippen LogP contribution in [-0.2, 0) is 17.8 Å². The number of carbonyl (C=O) groups excluding carboxylic acids is 1. The number of rotatable bonds is 7. The Morgan fingerprint density at radius 2 is 1.88 bits per heavy atom. The molecule has 34 heavy (non-hydrogen) atoms. The number of nitrogens with one attached hydrogen (secondary N) is 1. The van der Waals surface area contributed by atoms with Gasteiger partial charge in [0.15, 0.2) is 5.69 Å². The fraction of sp³-hybridized carbons (Fsp3) is 0.462. The average Bonchev–Trinajstić information content (AvgIpc) is 3.18. The van der Waals surface area contributed by atoms with Crippen LogP contribution in [0.25, 0.3) is 10.9 Å². The molecule has 3 aromatic rings. The minimum Gasteiger partial charge on any atom is -0.497 e. The lowest BCUT2D eigenvalue weighted by molar-refractivity contribution is -0.0843. The van der Waals surface area contributed by atoms with Gasteiger partial charge in [0.1, 0.15) is 5.75 Å². The van der Waals surface area contributed by atoms with Crippen molar-refractivity contribution in [3.05, 3.63) is 59.8 Å². The molecule has 8 heteroatoms. The highest BCUT2D eigenvalue weighted by Gasteiger charge is 2.39. The van der Waals surface area contributed by atoms with Crippen LogP contribution in [0.2, 0.25) is 0 Å². The van der Waals surface area contributed by atoms with Gasteiger partial charge in [0.05, 0.1) is 37.8 Å². The predicted molar refractivity (Wildman–Crippen MR) is 132 cm³/mol. The van der Waals surface area contributed by atoms with Crippen LogP contribution in [0, 0.1) is 0 Å². The number of carbonyl (C=O) groups is 1. The first-order chi connectivity index (χ1) is 16.5. The van der Waals surface area contributed by atoms with Crippen LogP contribution >= 0.6 is 11.6 Å². The number of morpholine rings is 1. The van der Waals surface area contributed by atoms with Crippen molar-refractivity contribution in [3.63, 3.8) is 0 Å². The van der Waals surface area contributed by atoms with Gasteiger partial charge in [-0.3, -0.25) is 14.4 Å². The standard InChI is InChI=1S/C26H31ClN4O3/c1-17(27)13-31-24-6-4-3-5-23(24)25(29-31)26(32)28-19-11-20-15-34-16-21(12-19)30(20)14-18-7-9-22(33-2)10-8-18/h3-10,17,19-21H,11-16H2,1-2H3,(H,28,32). The maximum atomic E-state index is 13.3. The van der Waals surface area contributed by atoms with Crippen LogP contribution in [0.15, 0.2) is 48.5 Å². The number of fused-ring (bicyclic) bond motifs is 3. The summed E-state index contributed by atoms with van der Waals surface area (Å²) in [6.45, 7) is 4.72. The Morgan fingerprint density at radius 1 is 1.18 bits per heavy atom. The van der Waals surface area contributed by atoms with Gasteiger partial charge < -0.3 is 14.8 Å². The number of hydrogen-bond donors (Lipinski definition) is 1. The van der Waals surface area contributed by atoms with E-state index in [4.69, 9.17) is 21.1 Å². The Bertz CT molecular complexity index is 1130. The topological polar surface area (TPSA) is 68.6 Å². The lowest BCUT2D eigenvalue weighted by atomic mass is 9.89. The Kier molecular flexibility index (Phi) is 6.77. The molecule has 2 bridgehead atoms. The fourth-order valence-corrected chi connectivity index (χ4v) is 5.36. The third-order valence-electron chi connectivity index (χ3n) is 6.83. The number of amides is 1. The zero-order chi connectivity index (χ0) is 23.7. The highest BCUT2D eigenvalue weighted by Crippen LogP contribution is 2.30. The van der Waals surface area contributed by atoms with Crippen LogP contribution in [0.3, 0.4) is 0 Å². The highest BCUT2D eigenvalue weighted by atomic mass is 35.5. The number of hydrogen-bond acceptors (Lipinski definition) is 5. The summed E-state index contributed by atoms with van der Waals surface area (Å²) in [4.78, 5) is 15.8. The minimum atomic E-state index is -0.121. The highest BCUT2D eigenvalue weighted by molar-refractivity contribution is 6.20. The molecule has 0 saturated carbocycles. The molecule has 2 saturated heterocycles. The first-order valence-corrected chi connectivity index (χ1v) is 12.3. The molecule has 2 aliphatic heterocycles. The molecule has 180 valence electrons. The van der Waals surface area contributed by atoms with Gasteiger partial charge in [0.25, 0.3) is 5.91 Å². The van der Waals surface area contributed by atoms with E-state index in [9.17, 15) is 4.79 Å². The van der Waals surface area contributed by atoms with Crippen molar-refractivity contribution < 1.29 is 14.3 Å². The monoisotopic (exact) mass is 482 g/mol. The largest absolute Gasteiger partial charge is 0.497 e. The number of aromatic nitrogens is 2. The van der Waals surface area contributed by atoms with E-state index in [-0.39, 0.29) is 29.4 Å². The Labute approximate surface area is 205 Å². The number of halogens is 1. The molecule has 2 fully saturated rings. The molecule has 7 nitrogen and oxygen atoms in total. The molecular weight excluding hydrogens is 452 g/mol. The van der Waals surface area contributed by atoms with Gasteiger partial charge in [-0.2, -0.15) is 5.10 Å². The number of ether oxygens (including phenoxy) is 2. The summed E-state index contributed by atoms with van der Waals surface area (Å²) in [5, 5.41) is 8.69. The summed E-state index contributed by atoms with van der Waals surface area (Å²) >= 11 is 6.21. The van der Waals surface area contributed by atoms with E-state index in [1.807, 2.05) is 48.0 Å². The molecule has 1 N–H and O–H groups in total. The maximum Gasteiger partial charge on any atom is 0.272 e. The van der Waals surface area contributed by atoms with Gasteiger partial charge in [-0.15, -0.1) is 11.6 Å². The number of alkyl halides is 1. The average molecular weight is 483 g/mol. The zero-order valence-electron chi connectivity index (χ0n) is 19.6. The molecule has 3 atom stereocenters. The number of para-hydroxylation sites is 1. The Morgan fingerprint density at radius 3 is 2.56 bits per heavy atom. The number of benzene rings is 2. The van der Waals surface area contributed by atoms with Crippen molar-refractivity contribution in [2.24, 2.45) is 0 Å². The van der Waals surface area contributed by atoms with Gasteiger partial charge >= 0.3 is 0 Å². The summed E-state index contributed by atoms with van der Waals surface area (Å²) in [5.41, 5.74) is 2.65. The molecule has 2 aromatic carbocycles. The molecule has 1 amide bonds. The number of nitrogens with zero attached hydrogens (tertiary/aromatic N) is 3. The molecule has 3 heterocycles. The maximum absolute atomic E-state index is 13.3. The van der Waals surface area contributed by atoms with Gasteiger partial charge in [0, 0.05) is 30.1 Å². The SMILES string of the molecule is COc1ccc(CN2C3COCC2CC(NC(=O)c2nn(CC(C)Cl)c4ccccc24)C3)cc1. The first-order valence-electron chi connectivity index (χ1n) is 11.9.